The van der Waals surface area contributed by atoms with Gasteiger partial charge in [0.15, 0.2) is 0 Å². The Morgan fingerprint density at radius 3 is 2.52 bits per heavy atom. The Kier molecular flexibility index (Phi) is 3.59. The lowest BCUT2D eigenvalue weighted by atomic mass is 9.96. The van der Waals surface area contributed by atoms with Crippen LogP contribution in [0.15, 0.2) is 42.5 Å². The van der Waals surface area contributed by atoms with Crippen molar-refractivity contribution in [2.24, 2.45) is 0 Å². The van der Waals surface area contributed by atoms with E-state index in [1.165, 1.54) is 12.1 Å². The Hall–Kier alpha value is -2.01. The van der Waals surface area contributed by atoms with Crippen LogP contribution >= 0.6 is 0 Å². The van der Waals surface area contributed by atoms with E-state index in [1.807, 2.05) is 6.07 Å². The molecule has 1 aliphatic heterocycles. The summed E-state index contributed by atoms with van der Waals surface area (Å²) in [5, 5.41) is 3.18. The smallest absolute Gasteiger partial charge is 0.417 e. The minimum Gasteiger partial charge on any atom is -0.491 e. The summed E-state index contributed by atoms with van der Waals surface area (Å²) < 4.78 is 45.3. The topological polar surface area (TPSA) is 21.3 Å². The maximum atomic E-state index is 13.2. The number of nitrogens with one attached hydrogen (secondary N) is 1. The first-order valence-electron chi connectivity index (χ1n) is 6.69. The number of halogens is 3. The van der Waals surface area contributed by atoms with E-state index in [-0.39, 0.29) is 5.56 Å². The van der Waals surface area contributed by atoms with Crippen molar-refractivity contribution in [3.8, 4) is 16.9 Å². The molecule has 0 fully saturated rings. The van der Waals surface area contributed by atoms with Crippen molar-refractivity contribution in [3.63, 3.8) is 0 Å². The van der Waals surface area contributed by atoms with E-state index in [0.717, 1.165) is 11.6 Å². The molecule has 0 unspecified atom stereocenters. The highest BCUT2D eigenvalue weighted by atomic mass is 19.4. The molecule has 0 atom stereocenters. The summed E-state index contributed by atoms with van der Waals surface area (Å²) in [6.07, 6.45) is -4.39. The Labute approximate surface area is 120 Å². The monoisotopic (exact) mass is 293 g/mol. The summed E-state index contributed by atoms with van der Waals surface area (Å²) in [6, 6.07) is 10.9. The van der Waals surface area contributed by atoms with Gasteiger partial charge in [-0.2, -0.15) is 13.2 Å². The fourth-order valence-electron chi connectivity index (χ4n) is 2.52. The molecule has 1 N–H and O–H groups in total. The first-order valence-corrected chi connectivity index (χ1v) is 6.69. The molecule has 2 nitrogen and oxygen atoms in total. The molecule has 0 bridgehead atoms. The molecule has 5 heteroatoms. The Bertz CT molecular complexity index is 652. The third-order valence-electron chi connectivity index (χ3n) is 3.46. The lowest BCUT2D eigenvalue weighted by Gasteiger charge is -2.17. The van der Waals surface area contributed by atoms with Crippen molar-refractivity contribution in [2.75, 3.05) is 13.2 Å². The molecular formula is C16H14F3NO. The van der Waals surface area contributed by atoms with Crippen LogP contribution in [0.25, 0.3) is 11.1 Å². The number of alkyl halides is 3. The second-order valence-electron chi connectivity index (χ2n) is 4.86. The number of hydrogen-bond acceptors (Lipinski definition) is 2. The largest absolute Gasteiger partial charge is 0.491 e. The highest BCUT2D eigenvalue weighted by molar-refractivity contribution is 5.75. The lowest BCUT2D eigenvalue weighted by Crippen LogP contribution is -2.16. The molecule has 2 aromatic carbocycles. The van der Waals surface area contributed by atoms with E-state index >= 15 is 0 Å². The van der Waals surface area contributed by atoms with E-state index < -0.39 is 11.7 Å². The van der Waals surface area contributed by atoms with Gasteiger partial charge >= 0.3 is 6.18 Å². The van der Waals surface area contributed by atoms with Gasteiger partial charge in [0.25, 0.3) is 0 Å². The highest BCUT2D eigenvalue weighted by Crippen LogP contribution is 2.41. The molecule has 0 amide bonds. The second-order valence-corrected chi connectivity index (χ2v) is 4.86. The summed E-state index contributed by atoms with van der Waals surface area (Å²) in [5.74, 6) is 0.541. The fourth-order valence-corrected chi connectivity index (χ4v) is 2.52. The van der Waals surface area contributed by atoms with Gasteiger partial charge < -0.3 is 10.1 Å². The van der Waals surface area contributed by atoms with Crippen molar-refractivity contribution >= 4 is 0 Å². The predicted octanol–water partition coefficient (Wildman–Crippen LogP) is 3.85. The van der Waals surface area contributed by atoms with Gasteiger partial charge in [0.05, 0.1) is 5.56 Å². The number of rotatable bonds is 1. The van der Waals surface area contributed by atoms with E-state index in [4.69, 9.17) is 4.74 Å². The van der Waals surface area contributed by atoms with Gasteiger partial charge in [-0.25, -0.2) is 0 Å². The molecule has 0 spiro atoms. The van der Waals surface area contributed by atoms with Gasteiger partial charge in [-0.1, -0.05) is 36.4 Å². The quantitative estimate of drug-likeness (QED) is 0.862. The molecule has 21 heavy (non-hydrogen) atoms. The Morgan fingerprint density at radius 1 is 0.952 bits per heavy atom. The molecule has 1 heterocycles. The Balaban J connectivity index is 2.18. The SMILES string of the molecule is FC(F)(F)c1ccccc1-c1cccc2c1OCCNC2. The van der Waals surface area contributed by atoms with Gasteiger partial charge in [0.1, 0.15) is 12.4 Å². The van der Waals surface area contributed by atoms with Crippen molar-refractivity contribution in [3.05, 3.63) is 53.6 Å². The molecule has 0 saturated carbocycles. The van der Waals surface area contributed by atoms with Crippen LogP contribution in [0.3, 0.4) is 0 Å². The average molecular weight is 293 g/mol. The molecule has 0 radical (unpaired) electrons. The summed E-state index contributed by atoms with van der Waals surface area (Å²) in [7, 11) is 0. The number of para-hydroxylation sites is 1. The first-order chi connectivity index (χ1) is 10.1. The van der Waals surface area contributed by atoms with E-state index in [1.54, 1.807) is 18.2 Å². The van der Waals surface area contributed by atoms with E-state index in [0.29, 0.717) is 31.0 Å². The third kappa shape index (κ3) is 2.74. The normalized spacial score (nSPS) is 15.0. The van der Waals surface area contributed by atoms with Crippen LogP contribution < -0.4 is 10.1 Å². The standard InChI is InChI=1S/C16H14F3NO/c17-16(18,19)14-7-2-1-5-12(14)13-6-3-4-11-10-20-8-9-21-15(11)13/h1-7,20H,8-10H2. The van der Waals surface area contributed by atoms with Crippen LogP contribution in [0.4, 0.5) is 13.2 Å². The van der Waals surface area contributed by atoms with Crippen LogP contribution in [-0.2, 0) is 12.7 Å². The van der Waals surface area contributed by atoms with Crippen molar-refractivity contribution in [1.82, 2.24) is 5.32 Å². The zero-order valence-corrected chi connectivity index (χ0v) is 11.2. The first kappa shape index (κ1) is 13.9. The highest BCUT2D eigenvalue weighted by Gasteiger charge is 2.34. The zero-order valence-electron chi connectivity index (χ0n) is 11.2. The molecule has 0 aromatic heterocycles. The predicted molar refractivity (Wildman–Crippen MR) is 74.1 cm³/mol. The van der Waals surface area contributed by atoms with Crippen LogP contribution in [0, 0.1) is 0 Å². The number of benzene rings is 2. The molecule has 0 saturated heterocycles. The third-order valence-corrected chi connectivity index (χ3v) is 3.46. The Morgan fingerprint density at radius 2 is 1.71 bits per heavy atom. The summed E-state index contributed by atoms with van der Waals surface area (Å²) in [6.45, 7) is 1.71. The number of fused-ring (bicyclic) bond motifs is 1. The van der Waals surface area contributed by atoms with Gasteiger partial charge in [0, 0.05) is 24.2 Å². The van der Waals surface area contributed by atoms with Gasteiger partial charge in [-0.05, 0) is 11.6 Å². The van der Waals surface area contributed by atoms with Gasteiger partial charge in [0.2, 0.25) is 0 Å². The molecule has 1 aliphatic rings. The van der Waals surface area contributed by atoms with Crippen LogP contribution in [0.2, 0.25) is 0 Å². The summed E-state index contributed by atoms with van der Waals surface area (Å²) >= 11 is 0. The maximum Gasteiger partial charge on any atom is 0.417 e. The molecule has 0 aliphatic carbocycles. The van der Waals surface area contributed by atoms with Crippen LogP contribution in [0.1, 0.15) is 11.1 Å². The summed E-state index contributed by atoms with van der Waals surface area (Å²) in [5.41, 5.74) is 0.883. The van der Waals surface area contributed by atoms with Crippen molar-refractivity contribution in [2.45, 2.75) is 12.7 Å². The number of hydrogen-bond donors (Lipinski definition) is 1. The van der Waals surface area contributed by atoms with Gasteiger partial charge in [-0.15, -0.1) is 0 Å². The van der Waals surface area contributed by atoms with Gasteiger partial charge in [-0.3, -0.25) is 0 Å². The lowest BCUT2D eigenvalue weighted by molar-refractivity contribution is -0.137. The van der Waals surface area contributed by atoms with Crippen molar-refractivity contribution < 1.29 is 17.9 Å². The minimum atomic E-state index is -4.39. The zero-order chi connectivity index (χ0) is 14.9. The minimum absolute atomic E-state index is 0.156. The molecule has 2 aromatic rings. The van der Waals surface area contributed by atoms with E-state index in [2.05, 4.69) is 5.32 Å². The molecule has 3 rings (SSSR count). The second kappa shape index (κ2) is 5.41. The fraction of sp³-hybridized carbons (Fsp3) is 0.250. The van der Waals surface area contributed by atoms with E-state index in [9.17, 15) is 13.2 Å². The maximum absolute atomic E-state index is 13.2. The van der Waals surface area contributed by atoms with Crippen molar-refractivity contribution in [1.29, 1.82) is 0 Å². The average Bonchev–Trinajstić information content (AvgIpc) is 2.71. The molecular weight excluding hydrogens is 279 g/mol. The van der Waals surface area contributed by atoms with Crippen LogP contribution in [0.5, 0.6) is 5.75 Å². The number of ether oxygens (including phenoxy) is 1. The van der Waals surface area contributed by atoms with Crippen LogP contribution in [-0.4, -0.2) is 13.2 Å². The summed E-state index contributed by atoms with van der Waals surface area (Å²) in [4.78, 5) is 0. The molecule has 110 valence electrons.